The Morgan fingerprint density at radius 2 is 1.75 bits per heavy atom. The van der Waals surface area contributed by atoms with Gasteiger partial charge in [0.25, 0.3) is 5.91 Å². The van der Waals surface area contributed by atoms with E-state index >= 15 is 0 Å². The number of piperidine rings is 1. The number of likely N-dealkylation sites (tertiary alicyclic amines) is 2. The number of carbonyl (C=O) groups excluding carboxylic acids is 1. The maximum atomic E-state index is 13.1. The quantitative estimate of drug-likeness (QED) is 0.857. The second kappa shape index (κ2) is 8.33. The molecule has 2 atom stereocenters. The fourth-order valence-electron chi connectivity index (χ4n) is 4.39. The van der Waals surface area contributed by atoms with Crippen LogP contribution in [0.25, 0.3) is 11.1 Å². The lowest BCUT2D eigenvalue weighted by molar-refractivity contribution is 0.0702. The molecule has 0 bridgehead atoms. The standard InChI is InChI=1S/C23H29N3O2/c1-24-20-10-8-17(9-11-20)18-6-5-7-19(14-18)23(28)26-15-21(22(27)16-26)25-12-3-2-4-13-25/h5-11,14,21-22,24,27H,2-4,12-13,15-16H2,1H3/t21-,22-/m0/s1. The highest BCUT2D eigenvalue weighted by atomic mass is 16.3. The monoisotopic (exact) mass is 379 g/mol. The number of amides is 1. The van der Waals surface area contributed by atoms with Gasteiger partial charge in [-0.15, -0.1) is 0 Å². The molecule has 5 nitrogen and oxygen atoms in total. The number of anilines is 1. The van der Waals surface area contributed by atoms with Gasteiger partial charge in [0.05, 0.1) is 12.1 Å². The topological polar surface area (TPSA) is 55.8 Å². The Morgan fingerprint density at radius 1 is 1.00 bits per heavy atom. The van der Waals surface area contributed by atoms with Crippen molar-refractivity contribution >= 4 is 11.6 Å². The minimum absolute atomic E-state index is 0.00672. The molecule has 28 heavy (non-hydrogen) atoms. The predicted molar refractivity (Wildman–Crippen MR) is 113 cm³/mol. The third kappa shape index (κ3) is 3.91. The molecular formula is C23H29N3O2. The van der Waals surface area contributed by atoms with Crippen molar-refractivity contribution in [2.24, 2.45) is 0 Å². The number of hydrogen-bond donors (Lipinski definition) is 2. The summed E-state index contributed by atoms with van der Waals surface area (Å²) >= 11 is 0. The lowest BCUT2D eigenvalue weighted by Gasteiger charge is -2.33. The van der Waals surface area contributed by atoms with Crippen molar-refractivity contribution in [2.45, 2.75) is 31.4 Å². The molecule has 2 fully saturated rings. The number of nitrogens with zero attached hydrogens (tertiary/aromatic N) is 2. The molecule has 0 spiro atoms. The van der Waals surface area contributed by atoms with Crippen LogP contribution < -0.4 is 5.32 Å². The van der Waals surface area contributed by atoms with E-state index in [0.717, 1.165) is 29.9 Å². The zero-order valence-electron chi connectivity index (χ0n) is 16.5. The first kappa shape index (κ1) is 19.0. The molecule has 5 heteroatoms. The van der Waals surface area contributed by atoms with Gasteiger partial charge in [0.2, 0.25) is 0 Å². The van der Waals surface area contributed by atoms with Gasteiger partial charge in [-0.3, -0.25) is 9.69 Å². The summed E-state index contributed by atoms with van der Waals surface area (Å²) in [5.41, 5.74) is 3.86. The molecule has 2 aliphatic heterocycles. The van der Waals surface area contributed by atoms with Crippen molar-refractivity contribution in [1.82, 2.24) is 9.80 Å². The van der Waals surface area contributed by atoms with E-state index in [1.165, 1.54) is 19.3 Å². The van der Waals surface area contributed by atoms with Crippen LogP contribution in [0.2, 0.25) is 0 Å². The number of carbonyl (C=O) groups is 1. The molecule has 2 aromatic rings. The Labute approximate surface area is 167 Å². The van der Waals surface area contributed by atoms with E-state index in [9.17, 15) is 9.90 Å². The Morgan fingerprint density at radius 3 is 2.46 bits per heavy atom. The van der Waals surface area contributed by atoms with Gasteiger partial charge in [-0.1, -0.05) is 30.7 Å². The number of aliphatic hydroxyl groups excluding tert-OH is 1. The highest BCUT2D eigenvalue weighted by molar-refractivity contribution is 5.95. The largest absolute Gasteiger partial charge is 0.390 e. The fourth-order valence-corrected chi connectivity index (χ4v) is 4.39. The van der Waals surface area contributed by atoms with E-state index in [2.05, 4.69) is 22.3 Å². The summed E-state index contributed by atoms with van der Waals surface area (Å²) in [4.78, 5) is 17.3. The van der Waals surface area contributed by atoms with Gasteiger partial charge in [-0.05, 0) is 61.3 Å². The zero-order valence-corrected chi connectivity index (χ0v) is 16.5. The van der Waals surface area contributed by atoms with Crippen LogP contribution in [0.1, 0.15) is 29.6 Å². The number of β-amino-alcohol motifs (C(OH)–C–C–N with tert-alkyl or cyclic N) is 1. The van der Waals surface area contributed by atoms with Crippen LogP contribution in [0.4, 0.5) is 5.69 Å². The van der Waals surface area contributed by atoms with Gasteiger partial charge >= 0.3 is 0 Å². The van der Waals surface area contributed by atoms with Crippen LogP contribution in [-0.4, -0.2) is 66.2 Å². The van der Waals surface area contributed by atoms with Crippen LogP contribution in [0.15, 0.2) is 48.5 Å². The highest BCUT2D eigenvalue weighted by Crippen LogP contribution is 2.25. The number of benzene rings is 2. The van der Waals surface area contributed by atoms with Crippen LogP contribution >= 0.6 is 0 Å². The van der Waals surface area contributed by atoms with Gasteiger partial charge in [-0.25, -0.2) is 0 Å². The lowest BCUT2D eigenvalue weighted by atomic mass is 10.0. The summed E-state index contributed by atoms with van der Waals surface area (Å²) in [5, 5.41) is 13.7. The maximum Gasteiger partial charge on any atom is 0.254 e. The first-order valence-electron chi connectivity index (χ1n) is 10.3. The minimum Gasteiger partial charge on any atom is -0.390 e. The first-order chi connectivity index (χ1) is 13.7. The van der Waals surface area contributed by atoms with Crippen molar-refractivity contribution < 1.29 is 9.90 Å². The minimum atomic E-state index is -0.459. The van der Waals surface area contributed by atoms with E-state index in [1.54, 1.807) is 0 Å². The summed E-state index contributed by atoms with van der Waals surface area (Å²) in [5.74, 6) is 0.00672. The molecule has 4 rings (SSSR count). The third-order valence-corrected chi connectivity index (χ3v) is 6.02. The third-order valence-electron chi connectivity index (χ3n) is 6.02. The van der Waals surface area contributed by atoms with E-state index in [-0.39, 0.29) is 11.9 Å². The number of nitrogens with one attached hydrogen (secondary N) is 1. The average molecular weight is 380 g/mol. The summed E-state index contributed by atoms with van der Waals surface area (Å²) in [6, 6.07) is 16.0. The van der Waals surface area contributed by atoms with E-state index in [4.69, 9.17) is 0 Å². The maximum absolute atomic E-state index is 13.1. The highest BCUT2D eigenvalue weighted by Gasteiger charge is 2.38. The molecular weight excluding hydrogens is 350 g/mol. The van der Waals surface area contributed by atoms with Gasteiger partial charge in [0.1, 0.15) is 0 Å². The molecule has 0 aromatic heterocycles. The molecule has 2 heterocycles. The van der Waals surface area contributed by atoms with Gasteiger partial charge in [-0.2, -0.15) is 0 Å². The summed E-state index contributed by atoms with van der Waals surface area (Å²) < 4.78 is 0. The molecule has 2 aromatic carbocycles. The molecule has 0 unspecified atom stereocenters. The summed E-state index contributed by atoms with van der Waals surface area (Å²) in [6.07, 6.45) is 3.18. The van der Waals surface area contributed by atoms with Crippen molar-refractivity contribution in [3.8, 4) is 11.1 Å². The van der Waals surface area contributed by atoms with Crippen molar-refractivity contribution in [2.75, 3.05) is 38.5 Å². The smallest absolute Gasteiger partial charge is 0.254 e. The van der Waals surface area contributed by atoms with Crippen molar-refractivity contribution in [1.29, 1.82) is 0 Å². The first-order valence-corrected chi connectivity index (χ1v) is 10.3. The van der Waals surface area contributed by atoms with E-state index in [1.807, 2.05) is 48.3 Å². The molecule has 2 saturated heterocycles. The van der Waals surface area contributed by atoms with Crippen LogP contribution in [0, 0.1) is 0 Å². The van der Waals surface area contributed by atoms with E-state index < -0.39 is 6.10 Å². The van der Waals surface area contributed by atoms with Gasteiger partial charge < -0.3 is 15.3 Å². The number of rotatable bonds is 4. The summed E-state index contributed by atoms with van der Waals surface area (Å²) in [7, 11) is 1.90. The molecule has 0 saturated carbocycles. The lowest BCUT2D eigenvalue weighted by Crippen LogP contribution is -2.46. The molecule has 2 N–H and O–H groups in total. The van der Waals surface area contributed by atoms with Crippen LogP contribution in [-0.2, 0) is 0 Å². The van der Waals surface area contributed by atoms with Gasteiger partial charge in [0.15, 0.2) is 0 Å². The normalized spacial score (nSPS) is 23.0. The number of aliphatic hydroxyl groups is 1. The molecule has 148 valence electrons. The fraction of sp³-hybridized carbons (Fsp3) is 0.435. The van der Waals surface area contributed by atoms with Crippen LogP contribution in [0.3, 0.4) is 0 Å². The molecule has 1 amide bonds. The molecule has 2 aliphatic rings. The second-order valence-electron chi connectivity index (χ2n) is 7.85. The Balaban J connectivity index is 1.49. The average Bonchev–Trinajstić information content (AvgIpc) is 3.15. The van der Waals surface area contributed by atoms with Gasteiger partial charge in [0, 0.05) is 31.4 Å². The summed E-state index contributed by atoms with van der Waals surface area (Å²) in [6.45, 7) is 3.09. The second-order valence-corrected chi connectivity index (χ2v) is 7.85. The van der Waals surface area contributed by atoms with Crippen molar-refractivity contribution in [3.05, 3.63) is 54.1 Å². The molecule has 0 aliphatic carbocycles. The predicted octanol–water partition coefficient (Wildman–Crippen LogP) is 3.07. The molecule has 0 radical (unpaired) electrons. The Hall–Kier alpha value is -2.37. The van der Waals surface area contributed by atoms with Crippen molar-refractivity contribution in [3.63, 3.8) is 0 Å². The van der Waals surface area contributed by atoms with Crippen LogP contribution in [0.5, 0.6) is 0 Å². The Bertz CT molecular complexity index is 815. The zero-order chi connectivity index (χ0) is 19.5. The number of hydrogen-bond acceptors (Lipinski definition) is 4. The van der Waals surface area contributed by atoms with E-state index in [0.29, 0.717) is 18.7 Å². The Kier molecular flexibility index (Phi) is 5.64. The SMILES string of the molecule is CNc1ccc(-c2cccc(C(=O)N3C[C@H](O)[C@@H](N4CCCCC4)C3)c2)cc1.